The number of esters is 1. The zero-order chi connectivity index (χ0) is 25.3. The van der Waals surface area contributed by atoms with Crippen LogP contribution in [0.2, 0.25) is 0 Å². The molecule has 3 aromatic rings. The van der Waals surface area contributed by atoms with Gasteiger partial charge in [0.2, 0.25) is 0 Å². The highest BCUT2D eigenvalue weighted by atomic mass is 19.1. The number of hydrogen-bond donors (Lipinski definition) is 1. The predicted octanol–water partition coefficient (Wildman–Crippen LogP) is 5.20. The van der Waals surface area contributed by atoms with Gasteiger partial charge in [0, 0.05) is 18.8 Å². The monoisotopic (exact) mass is 482 g/mol. The van der Waals surface area contributed by atoms with E-state index in [0.717, 1.165) is 23.3 Å². The molecule has 1 N–H and O–H groups in total. The number of anilines is 2. The molecule has 0 saturated carbocycles. The average molecular weight is 482 g/mol. The van der Waals surface area contributed by atoms with Gasteiger partial charge in [-0.1, -0.05) is 12.1 Å². The summed E-state index contributed by atoms with van der Waals surface area (Å²) in [6.07, 6.45) is -0.411. The number of ether oxygens (including phenoxy) is 2. The first-order valence-corrected chi connectivity index (χ1v) is 10.8. The fourth-order valence-electron chi connectivity index (χ4n) is 3.68. The summed E-state index contributed by atoms with van der Waals surface area (Å²) in [5.74, 6) is -2.38. The van der Waals surface area contributed by atoms with Crippen LogP contribution in [0.3, 0.4) is 0 Å². The molecule has 4 rings (SSSR count). The Hall–Kier alpha value is -4.08. The molecule has 8 nitrogen and oxygen atoms in total. The van der Waals surface area contributed by atoms with Crippen LogP contribution in [0.4, 0.5) is 25.0 Å². The quantitative estimate of drug-likeness (QED) is 0.511. The Kier molecular flexibility index (Phi) is 6.38. The zero-order valence-electron chi connectivity index (χ0n) is 19.7. The van der Waals surface area contributed by atoms with E-state index in [9.17, 15) is 18.4 Å². The van der Waals surface area contributed by atoms with Crippen LogP contribution in [0.15, 0.2) is 42.5 Å². The molecular weight excluding hydrogens is 458 g/mol. The molecular formula is C25H24F2N4O4. The highest BCUT2D eigenvalue weighted by molar-refractivity contribution is 5.95. The maximum Gasteiger partial charge on any atom is 0.410 e. The standard InChI is InChI=1S/C25H24F2N4O4/c1-25(2,3)35-24(33)31-12-14-8-9-16(10-15(14)13-31)28-20-11-19(29-30-22(20)23(32)34-4)21-17(26)6-5-7-18(21)27/h5-11H,12-13H2,1-4H3,(H,28,29). The van der Waals surface area contributed by atoms with Gasteiger partial charge < -0.3 is 14.8 Å². The van der Waals surface area contributed by atoms with Crippen molar-refractivity contribution in [3.8, 4) is 11.3 Å². The van der Waals surface area contributed by atoms with E-state index in [4.69, 9.17) is 9.47 Å². The fraction of sp³-hybridized carbons (Fsp3) is 0.280. The second kappa shape index (κ2) is 9.28. The summed E-state index contributed by atoms with van der Waals surface area (Å²) in [6.45, 7) is 6.17. The Morgan fingerprint density at radius 3 is 2.34 bits per heavy atom. The Balaban J connectivity index is 1.64. The van der Waals surface area contributed by atoms with Gasteiger partial charge in [-0.15, -0.1) is 10.2 Å². The summed E-state index contributed by atoms with van der Waals surface area (Å²) in [5.41, 5.74) is 1.38. The number of nitrogens with one attached hydrogen (secondary N) is 1. The van der Waals surface area contributed by atoms with Crippen molar-refractivity contribution in [2.75, 3.05) is 12.4 Å². The van der Waals surface area contributed by atoms with Crippen molar-refractivity contribution in [2.24, 2.45) is 0 Å². The molecule has 2 heterocycles. The van der Waals surface area contributed by atoms with E-state index in [1.807, 2.05) is 12.1 Å². The van der Waals surface area contributed by atoms with E-state index < -0.39 is 29.3 Å². The van der Waals surface area contributed by atoms with Crippen LogP contribution in [0, 0.1) is 11.6 Å². The molecule has 0 saturated heterocycles. The molecule has 1 aliphatic rings. The van der Waals surface area contributed by atoms with Crippen LogP contribution in [0.1, 0.15) is 42.4 Å². The normalized spacial score (nSPS) is 12.8. The van der Waals surface area contributed by atoms with Gasteiger partial charge in [0.05, 0.1) is 18.4 Å². The van der Waals surface area contributed by atoms with Gasteiger partial charge in [-0.05, 0) is 62.2 Å². The Bertz CT molecular complexity index is 1290. The molecule has 10 heteroatoms. The number of halogens is 2. The third-order valence-electron chi connectivity index (χ3n) is 5.25. The molecule has 1 amide bonds. The topological polar surface area (TPSA) is 93.6 Å². The van der Waals surface area contributed by atoms with Crippen molar-refractivity contribution < 1.29 is 27.8 Å². The van der Waals surface area contributed by atoms with Gasteiger partial charge in [-0.2, -0.15) is 0 Å². The smallest absolute Gasteiger partial charge is 0.410 e. The molecule has 1 aromatic heterocycles. The molecule has 0 spiro atoms. The van der Waals surface area contributed by atoms with Crippen molar-refractivity contribution in [2.45, 2.75) is 39.5 Å². The summed E-state index contributed by atoms with van der Waals surface area (Å²) in [4.78, 5) is 26.3. The van der Waals surface area contributed by atoms with Crippen molar-refractivity contribution in [1.29, 1.82) is 0 Å². The lowest BCUT2D eigenvalue weighted by Crippen LogP contribution is -2.33. The van der Waals surface area contributed by atoms with E-state index in [2.05, 4.69) is 15.5 Å². The van der Waals surface area contributed by atoms with Gasteiger partial charge in [0.15, 0.2) is 5.69 Å². The third-order valence-corrected chi connectivity index (χ3v) is 5.25. The van der Waals surface area contributed by atoms with Gasteiger partial charge in [0.25, 0.3) is 0 Å². The number of benzene rings is 2. The third kappa shape index (κ3) is 5.21. The number of nitrogens with zero attached hydrogens (tertiary/aromatic N) is 3. The molecule has 0 fully saturated rings. The number of carbonyl (C=O) groups excluding carboxylic acids is 2. The van der Waals surface area contributed by atoms with Crippen molar-refractivity contribution >= 4 is 23.4 Å². The maximum atomic E-state index is 14.3. The lowest BCUT2D eigenvalue weighted by atomic mass is 10.1. The van der Waals surface area contributed by atoms with E-state index in [1.165, 1.54) is 19.2 Å². The number of amides is 1. The minimum absolute atomic E-state index is 0.0898. The number of rotatable bonds is 4. The first-order chi connectivity index (χ1) is 16.6. The van der Waals surface area contributed by atoms with Gasteiger partial charge >= 0.3 is 12.1 Å². The summed E-state index contributed by atoms with van der Waals surface area (Å²) in [7, 11) is 1.19. The van der Waals surface area contributed by atoms with Crippen LogP contribution in [-0.4, -0.2) is 39.9 Å². The van der Waals surface area contributed by atoms with E-state index in [0.29, 0.717) is 18.8 Å². The average Bonchev–Trinajstić information content (AvgIpc) is 3.21. The van der Waals surface area contributed by atoms with E-state index in [1.54, 1.807) is 31.7 Å². The van der Waals surface area contributed by atoms with Crippen LogP contribution in [-0.2, 0) is 22.6 Å². The maximum absolute atomic E-state index is 14.3. The van der Waals surface area contributed by atoms with Crippen LogP contribution in [0.25, 0.3) is 11.3 Å². The molecule has 0 bridgehead atoms. The number of hydrogen-bond acceptors (Lipinski definition) is 7. The fourth-order valence-corrected chi connectivity index (χ4v) is 3.68. The SMILES string of the molecule is COC(=O)c1nnc(-c2c(F)cccc2F)cc1Nc1ccc2c(c1)CN(C(=O)OC(C)(C)C)C2. The molecule has 182 valence electrons. The van der Waals surface area contributed by atoms with E-state index >= 15 is 0 Å². The van der Waals surface area contributed by atoms with Crippen molar-refractivity contribution in [1.82, 2.24) is 15.1 Å². The van der Waals surface area contributed by atoms with Crippen LogP contribution >= 0.6 is 0 Å². The molecule has 0 radical (unpaired) electrons. The Labute approximate surface area is 200 Å². The Morgan fingerprint density at radius 2 is 1.69 bits per heavy atom. The Morgan fingerprint density at radius 1 is 1.00 bits per heavy atom. The lowest BCUT2D eigenvalue weighted by molar-refractivity contribution is 0.0241. The molecule has 0 aliphatic carbocycles. The summed E-state index contributed by atoms with van der Waals surface area (Å²) in [5, 5.41) is 10.8. The van der Waals surface area contributed by atoms with Gasteiger partial charge in [-0.25, -0.2) is 18.4 Å². The first-order valence-electron chi connectivity index (χ1n) is 10.8. The lowest BCUT2D eigenvalue weighted by Gasteiger charge is -2.24. The number of methoxy groups -OCH3 is 1. The molecule has 2 aromatic carbocycles. The minimum atomic E-state index is -0.809. The minimum Gasteiger partial charge on any atom is -0.464 e. The molecule has 35 heavy (non-hydrogen) atoms. The number of aromatic nitrogens is 2. The van der Waals surface area contributed by atoms with E-state index in [-0.39, 0.29) is 22.6 Å². The highest BCUT2D eigenvalue weighted by Gasteiger charge is 2.28. The van der Waals surface area contributed by atoms with Gasteiger partial charge in [0.1, 0.15) is 22.9 Å². The molecule has 0 atom stereocenters. The molecule has 0 unspecified atom stereocenters. The highest BCUT2D eigenvalue weighted by Crippen LogP contribution is 2.31. The number of carbonyl (C=O) groups is 2. The van der Waals surface area contributed by atoms with Crippen molar-refractivity contribution in [3.05, 3.63) is 70.9 Å². The van der Waals surface area contributed by atoms with Crippen LogP contribution in [0.5, 0.6) is 0 Å². The largest absolute Gasteiger partial charge is 0.464 e. The first kappa shape index (κ1) is 24.1. The zero-order valence-corrected chi connectivity index (χ0v) is 19.7. The summed E-state index contributed by atoms with van der Waals surface area (Å²) >= 11 is 0. The second-order valence-electron chi connectivity index (χ2n) is 9.02. The second-order valence-corrected chi connectivity index (χ2v) is 9.02. The summed E-state index contributed by atoms with van der Waals surface area (Å²) in [6, 6.07) is 10.2. The van der Waals surface area contributed by atoms with Crippen molar-refractivity contribution in [3.63, 3.8) is 0 Å². The molecule has 1 aliphatic heterocycles. The van der Waals surface area contributed by atoms with Crippen LogP contribution < -0.4 is 5.32 Å². The summed E-state index contributed by atoms with van der Waals surface area (Å²) < 4.78 is 38.9. The number of fused-ring (bicyclic) bond motifs is 1. The van der Waals surface area contributed by atoms with Gasteiger partial charge in [-0.3, -0.25) is 4.90 Å². The predicted molar refractivity (Wildman–Crippen MR) is 124 cm³/mol.